The quantitative estimate of drug-likeness (QED) is 0.934. The van der Waals surface area contributed by atoms with Crippen LogP contribution in [0.3, 0.4) is 0 Å². The van der Waals surface area contributed by atoms with Crippen LogP contribution in [0.2, 0.25) is 5.15 Å². The van der Waals surface area contributed by atoms with E-state index in [1.807, 2.05) is 30.3 Å². The van der Waals surface area contributed by atoms with E-state index in [1.54, 1.807) is 16.5 Å². The molecule has 1 atom stereocenters. The minimum Gasteiger partial charge on any atom is -0.396 e. The molecule has 0 aliphatic carbocycles. The first-order valence-corrected chi connectivity index (χ1v) is 8.15. The average Bonchev–Trinajstić information content (AvgIpc) is 3.13. The molecule has 1 N–H and O–H groups in total. The zero-order valence-electron chi connectivity index (χ0n) is 13.1. The summed E-state index contributed by atoms with van der Waals surface area (Å²) in [5.41, 5.74) is 2.20. The second-order valence-corrected chi connectivity index (χ2v) is 6.34. The highest BCUT2D eigenvalue weighted by Gasteiger charge is 2.30. The van der Waals surface area contributed by atoms with E-state index in [1.165, 1.54) is 0 Å². The Balaban J connectivity index is 1.82. The van der Waals surface area contributed by atoms with Crippen molar-refractivity contribution in [2.75, 3.05) is 19.7 Å². The molecule has 0 radical (unpaired) electrons. The molecule has 0 bridgehead atoms. The summed E-state index contributed by atoms with van der Waals surface area (Å²) in [4.78, 5) is 14.5. The number of amides is 1. The number of likely N-dealkylation sites (tertiary alicyclic amines) is 1. The van der Waals surface area contributed by atoms with Gasteiger partial charge in [-0.1, -0.05) is 41.9 Å². The van der Waals surface area contributed by atoms with Gasteiger partial charge in [-0.25, -0.2) is 4.68 Å². The Bertz CT molecular complexity index is 699. The number of aliphatic hydroxyl groups excluding tert-OH is 1. The monoisotopic (exact) mass is 333 g/mol. The Morgan fingerprint density at radius 3 is 2.78 bits per heavy atom. The van der Waals surface area contributed by atoms with Crippen molar-refractivity contribution >= 4 is 17.5 Å². The Kier molecular flexibility index (Phi) is 4.68. The zero-order valence-corrected chi connectivity index (χ0v) is 13.8. The topological polar surface area (TPSA) is 58.4 Å². The summed E-state index contributed by atoms with van der Waals surface area (Å²) in [5.74, 6) is 0.0696. The van der Waals surface area contributed by atoms with Crippen molar-refractivity contribution in [1.82, 2.24) is 14.7 Å². The minimum absolute atomic E-state index is 0.0947. The number of nitrogens with zero attached hydrogens (tertiary/aromatic N) is 3. The number of rotatable bonds is 4. The predicted octanol–water partition coefficient (Wildman–Crippen LogP) is 2.35. The molecule has 5 nitrogen and oxygen atoms in total. The maximum absolute atomic E-state index is 12.7. The van der Waals surface area contributed by atoms with Gasteiger partial charge < -0.3 is 10.0 Å². The van der Waals surface area contributed by atoms with Crippen LogP contribution in [0.5, 0.6) is 0 Å². The predicted molar refractivity (Wildman–Crippen MR) is 88.6 cm³/mol. The van der Waals surface area contributed by atoms with E-state index in [4.69, 9.17) is 11.6 Å². The van der Waals surface area contributed by atoms with Gasteiger partial charge >= 0.3 is 0 Å². The van der Waals surface area contributed by atoms with Crippen LogP contribution in [-0.2, 0) is 6.54 Å². The normalized spacial score (nSPS) is 17.7. The van der Waals surface area contributed by atoms with E-state index >= 15 is 0 Å². The summed E-state index contributed by atoms with van der Waals surface area (Å²) in [5, 5.41) is 14.0. The Labute approximate surface area is 140 Å². The molecule has 23 heavy (non-hydrogen) atoms. The standard InChI is InChI=1S/C17H20ClN3O2/c1-12-15(17(23)20-8-7-14(9-20)11-22)16(18)21(19-12)10-13-5-3-2-4-6-13/h2-6,14,22H,7-11H2,1H3. The van der Waals surface area contributed by atoms with Crippen molar-refractivity contribution in [3.8, 4) is 0 Å². The molecule has 1 saturated heterocycles. The summed E-state index contributed by atoms with van der Waals surface area (Å²) < 4.78 is 1.67. The smallest absolute Gasteiger partial charge is 0.258 e. The highest BCUT2D eigenvalue weighted by atomic mass is 35.5. The number of aliphatic hydroxyl groups is 1. The molecule has 0 saturated carbocycles. The Morgan fingerprint density at radius 2 is 2.13 bits per heavy atom. The maximum atomic E-state index is 12.7. The summed E-state index contributed by atoms with van der Waals surface area (Å²) in [6.45, 7) is 3.69. The second-order valence-electron chi connectivity index (χ2n) is 5.98. The molecule has 1 fully saturated rings. The lowest BCUT2D eigenvalue weighted by molar-refractivity contribution is 0.0781. The first-order valence-electron chi connectivity index (χ1n) is 7.77. The molecule has 2 aromatic rings. The highest BCUT2D eigenvalue weighted by molar-refractivity contribution is 6.33. The van der Waals surface area contributed by atoms with E-state index < -0.39 is 0 Å². The van der Waals surface area contributed by atoms with Crippen molar-refractivity contribution in [3.05, 3.63) is 52.3 Å². The van der Waals surface area contributed by atoms with E-state index in [2.05, 4.69) is 5.10 Å². The molecule has 1 unspecified atom stereocenters. The summed E-state index contributed by atoms with van der Waals surface area (Å²) in [6, 6.07) is 9.89. The molecule has 2 heterocycles. The van der Waals surface area contributed by atoms with Crippen LogP contribution in [0.1, 0.15) is 28.0 Å². The molecule has 1 aromatic heterocycles. The van der Waals surface area contributed by atoms with E-state index in [-0.39, 0.29) is 18.4 Å². The van der Waals surface area contributed by atoms with Crippen molar-refractivity contribution in [1.29, 1.82) is 0 Å². The van der Waals surface area contributed by atoms with E-state index in [0.717, 1.165) is 12.0 Å². The molecular weight excluding hydrogens is 314 g/mol. The maximum Gasteiger partial charge on any atom is 0.258 e. The third kappa shape index (κ3) is 3.26. The number of aromatic nitrogens is 2. The lowest BCUT2D eigenvalue weighted by Crippen LogP contribution is -2.29. The average molecular weight is 334 g/mol. The molecule has 0 spiro atoms. The first-order chi connectivity index (χ1) is 11.1. The van der Waals surface area contributed by atoms with Gasteiger partial charge in [0.2, 0.25) is 0 Å². The fraction of sp³-hybridized carbons (Fsp3) is 0.412. The van der Waals surface area contributed by atoms with Crippen LogP contribution in [0.4, 0.5) is 0 Å². The number of carbonyl (C=O) groups is 1. The van der Waals surface area contributed by atoms with Crippen LogP contribution in [-0.4, -0.2) is 45.4 Å². The summed E-state index contributed by atoms with van der Waals surface area (Å²) >= 11 is 6.43. The van der Waals surface area contributed by atoms with Crippen molar-refractivity contribution in [2.45, 2.75) is 19.9 Å². The Morgan fingerprint density at radius 1 is 1.39 bits per heavy atom. The second kappa shape index (κ2) is 6.72. The van der Waals surface area contributed by atoms with Gasteiger partial charge in [0, 0.05) is 25.6 Å². The van der Waals surface area contributed by atoms with Crippen molar-refractivity contribution in [3.63, 3.8) is 0 Å². The lowest BCUT2D eigenvalue weighted by atomic mass is 10.1. The van der Waals surface area contributed by atoms with Gasteiger partial charge in [0.15, 0.2) is 0 Å². The molecule has 1 aliphatic rings. The van der Waals surface area contributed by atoms with Crippen LogP contribution in [0.25, 0.3) is 0 Å². The van der Waals surface area contributed by atoms with Gasteiger partial charge in [-0.3, -0.25) is 4.79 Å². The minimum atomic E-state index is -0.0947. The Hall–Kier alpha value is -1.85. The number of hydrogen-bond donors (Lipinski definition) is 1. The van der Waals surface area contributed by atoms with E-state index in [9.17, 15) is 9.90 Å². The van der Waals surface area contributed by atoms with Gasteiger partial charge in [-0.2, -0.15) is 5.10 Å². The SMILES string of the molecule is Cc1nn(Cc2ccccc2)c(Cl)c1C(=O)N1CCC(CO)C1. The molecule has 1 aromatic carbocycles. The van der Waals surface area contributed by atoms with Gasteiger partial charge in [-0.15, -0.1) is 0 Å². The van der Waals surface area contributed by atoms with Crippen molar-refractivity contribution in [2.24, 2.45) is 5.92 Å². The number of benzene rings is 1. The fourth-order valence-corrected chi connectivity index (χ4v) is 3.30. The fourth-order valence-electron chi connectivity index (χ4n) is 2.98. The number of carbonyl (C=O) groups excluding carboxylic acids is 1. The number of halogens is 1. The molecule has 6 heteroatoms. The highest BCUT2D eigenvalue weighted by Crippen LogP contribution is 2.25. The third-order valence-corrected chi connectivity index (χ3v) is 4.67. The van der Waals surface area contributed by atoms with Crippen LogP contribution < -0.4 is 0 Å². The number of aryl methyl sites for hydroxylation is 1. The van der Waals surface area contributed by atoms with Crippen LogP contribution >= 0.6 is 11.6 Å². The summed E-state index contributed by atoms with van der Waals surface area (Å²) in [7, 11) is 0. The number of hydrogen-bond acceptors (Lipinski definition) is 3. The molecule has 122 valence electrons. The van der Waals surface area contributed by atoms with E-state index in [0.29, 0.717) is 36.0 Å². The molecule has 1 aliphatic heterocycles. The van der Waals surface area contributed by atoms with Crippen molar-refractivity contribution < 1.29 is 9.90 Å². The van der Waals surface area contributed by atoms with Crippen LogP contribution in [0.15, 0.2) is 30.3 Å². The molecular formula is C17H20ClN3O2. The van der Waals surface area contributed by atoms with Crippen LogP contribution in [0, 0.1) is 12.8 Å². The van der Waals surface area contributed by atoms with Gasteiger partial charge in [0.1, 0.15) is 5.15 Å². The largest absolute Gasteiger partial charge is 0.396 e. The lowest BCUT2D eigenvalue weighted by Gasteiger charge is -2.16. The third-order valence-electron chi connectivity index (χ3n) is 4.29. The zero-order chi connectivity index (χ0) is 16.4. The molecule has 1 amide bonds. The van der Waals surface area contributed by atoms with Gasteiger partial charge in [-0.05, 0) is 18.9 Å². The van der Waals surface area contributed by atoms with Gasteiger partial charge in [0.05, 0.1) is 17.8 Å². The molecule has 3 rings (SSSR count). The van der Waals surface area contributed by atoms with Gasteiger partial charge in [0.25, 0.3) is 5.91 Å². The first kappa shape index (κ1) is 16.0. The summed E-state index contributed by atoms with van der Waals surface area (Å²) in [6.07, 6.45) is 0.830.